The minimum absolute atomic E-state index is 0.195. The van der Waals surface area contributed by atoms with Crippen LogP contribution in [-0.2, 0) is 4.79 Å². The van der Waals surface area contributed by atoms with Crippen molar-refractivity contribution in [1.82, 2.24) is 9.88 Å². The molecule has 1 aliphatic heterocycles. The summed E-state index contributed by atoms with van der Waals surface area (Å²) in [6.07, 6.45) is 9.08. The van der Waals surface area contributed by atoms with Crippen LogP contribution in [0.5, 0.6) is 5.75 Å². The minimum atomic E-state index is -1.07. The third-order valence-electron chi connectivity index (χ3n) is 7.84. The fourth-order valence-electron chi connectivity index (χ4n) is 5.51. The molecule has 1 saturated carbocycles. The molecule has 2 aliphatic rings. The van der Waals surface area contributed by atoms with E-state index in [1.165, 1.54) is 31.4 Å². The van der Waals surface area contributed by atoms with E-state index >= 15 is 4.39 Å². The summed E-state index contributed by atoms with van der Waals surface area (Å²) in [4.78, 5) is 18.2. The molecule has 3 atom stereocenters. The van der Waals surface area contributed by atoms with Gasteiger partial charge in [0, 0.05) is 29.8 Å². The smallest absolute Gasteiger partial charge is 0.303 e. The van der Waals surface area contributed by atoms with Crippen LogP contribution >= 0.6 is 11.8 Å². The van der Waals surface area contributed by atoms with Crippen LogP contribution in [0.15, 0.2) is 30.5 Å². The zero-order valence-electron chi connectivity index (χ0n) is 20.8. The SMILES string of the molecule is COc1ccc2nccc([C@H](F)CC[C@@H]3CCN(CCCSC4CCC4)C[C@H]3CCC(=O)O)c2c1. The number of rotatable bonds is 13. The molecule has 0 bridgehead atoms. The first-order valence-electron chi connectivity index (χ1n) is 13.2. The molecule has 0 radical (unpaired) electrons. The van der Waals surface area contributed by atoms with Gasteiger partial charge in [-0.05, 0) is 105 Å². The number of carboxylic acid groups (broad SMARTS) is 1. The summed E-state index contributed by atoms with van der Waals surface area (Å²) in [5.41, 5.74) is 1.44. The van der Waals surface area contributed by atoms with Gasteiger partial charge in [0.25, 0.3) is 0 Å². The summed E-state index contributed by atoms with van der Waals surface area (Å²) in [5.74, 6) is 1.87. The lowest BCUT2D eigenvalue weighted by Crippen LogP contribution is -2.41. The molecule has 1 aromatic carbocycles. The van der Waals surface area contributed by atoms with Gasteiger partial charge < -0.3 is 14.7 Å². The fourth-order valence-corrected chi connectivity index (χ4v) is 6.81. The number of carboxylic acids is 1. The van der Waals surface area contributed by atoms with E-state index in [0.717, 1.165) is 48.6 Å². The van der Waals surface area contributed by atoms with E-state index in [4.69, 9.17) is 4.74 Å². The van der Waals surface area contributed by atoms with Crippen molar-refractivity contribution < 1.29 is 19.0 Å². The molecule has 2 fully saturated rings. The molecule has 1 N–H and O–H groups in total. The highest BCUT2D eigenvalue weighted by atomic mass is 32.2. The average Bonchev–Trinajstić information content (AvgIpc) is 2.84. The Labute approximate surface area is 212 Å². The Hall–Kier alpha value is -1.86. The molecule has 2 aromatic rings. The predicted molar refractivity (Wildman–Crippen MR) is 141 cm³/mol. The summed E-state index contributed by atoms with van der Waals surface area (Å²) < 4.78 is 20.8. The van der Waals surface area contributed by atoms with Crippen LogP contribution in [0, 0.1) is 11.8 Å². The molecule has 5 nitrogen and oxygen atoms in total. The third-order valence-corrected chi connectivity index (χ3v) is 9.31. The average molecular weight is 503 g/mol. The Morgan fingerprint density at radius 3 is 2.86 bits per heavy atom. The number of fused-ring (bicyclic) bond motifs is 1. The quantitative estimate of drug-likeness (QED) is 0.315. The number of likely N-dealkylation sites (tertiary alicyclic amines) is 1. The van der Waals surface area contributed by atoms with Crippen molar-refractivity contribution in [2.45, 2.75) is 69.2 Å². The second-order valence-corrected chi connectivity index (χ2v) is 11.6. The maximum atomic E-state index is 15.5. The zero-order valence-corrected chi connectivity index (χ0v) is 21.6. The van der Waals surface area contributed by atoms with Gasteiger partial charge in [-0.25, -0.2) is 4.39 Å². The van der Waals surface area contributed by atoms with Crippen molar-refractivity contribution in [3.63, 3.8) is 0 Å². The number of nitrogens with zero attached hydrogens (tertiary/aromatic N) is 2. The third kappa shape index (κ3) is 7.32. The molecule has 4 rings (SSSR count). The molecule has 192 valence electrons. The van der Waals surface area contributed by atoms with Gasteiger partial charge in [-0.2, -0.15) is 11.8 Å². The molecular weight excluding hydrogens is 463 g/mol. The maximum absolute atomic E-state index is 15.5. The second kappa shape index (κ2) is 12.9. The van der Waals surface area contributed by atoms with Crippen molar-refractivity contribution in [3.8, 4) is 5.75 Å². The molecular formula is C28H39FN2O3S. The number of methoxy groups -OCH3 is 1. The molecule has 0 unspecified atom stereocenters. The van der Waals surface area contributed by atoms with Crippen molar-refractivity contribution in [1.29, 1.82) is 0 Å². The Kier molecular flexibility index (Phi) is 9.67. The summed E-state index contributed by atoms with van der Waals surface area (Å²) in [6, 6.07) is 7.35. The van der Waals surface area contributed by atoms with Gasteiger partial charge in [-0.15, -0.1) is 0 Å². The summed E-state index contributed by atoms with van der Waals surface area (Å²) in [7, 11) is 1.61. The normalized spacial score (nSPS) is 22.1. The molecule has 0 amide bonds. The number of piperidine rings is 1. The topological polar surface area (TPSA) is 62.7 Å². The first-order valence-corrected chi connectivity index (χ1v) is 14.2. The Morgan fingerprint density at radius 1 is 1.26 bits per heavy atom. The van der Waals surface area contributed by atoms with Gasteiger partial charge in [0.05, 0.1) is 12.6 Å². The molecule has 2 heterocycles. The van der Waals surface area contributed by atoms with Gasteiger partial charge in [-0.3, -0.25) is 9.78 Å². The minimum Gasteiger partial charge on any atom is -0.497 e. The number of carbonyl (C=O) groups is 1. The van der Waals surface area contributed by atoms with E-state index in [-0.39, 0.29) is 6.42 Å². The van der Waals surface area contributed by atoms with E-state index in [2.05, 4.69) is 21.6 Å². The highest BCUT2D eigenvalue weighted by molar-refractivity contribution is 7.99. The number of alkyl halides is 1. The number of thioether (sulfide) groups is 1. The van der Waals surface area contributed by atoms with Gasteiger partial charge in [0.15, 0.2) is 0 Å². The number of hydrogen-bond donors (Lipinski definition) is 1. The molecule has 1 aromatic heterocycles. The number of halogens is 1. The number of aliphatic carboxylic acids is 1. The van der Waals surface area contributed by atoms with E-state index < -0.39 is 12.1 Å². The largest absolute Gasteiger partial charge is 0.497 e. The zero-order chi connectivity index (χ0) is 24.6. The lowest BCUT2D eigenvalue weighted by Gasteiger charge is -2.39. The van der Waals surface area contributed by atoms with Crippen LogP contribution in [-0.4, -0.2) is 58.7 Å². The number of ether oxygens (including phenoxy) is 1. The lowest BCUT2D eigenvalue weighted by molar-refractivity contribution is -0.137. The molecule has 0 spiro atoms. The van der Waals surface area contributed by atoms with Crippen molar-refractivity contribution in [2.75, 3.05) is 32.5 Å². The second-order valence-electron chi connectivity index (χ2n) is 10.1. The highest BCUT2D eigenvalue weighted by Gasteiger charge is 2.30. The number of pyridine rings is 1. The maximum Gasteiger partial charge on any atom is 0.303 e. The molecule has 7 heteroatoms. The molecule has 1 aliphatic carbocycles. The lowest BCUT2D eigenvalue weighted by atomic mass is 9.79. The van der Waals surface area contributed by atoms with Crippen molar-refractivity contribution in [2.24, 2.45) is 11.8 Å². The van der Waals surface area contributed by atoms with Crippen LogP contribution < -0.4 is 4.74 Å². The van der Waals surface area contributed by atoms with E-state index in [0.29, 0.717) is 36.0 Å². The predicted octanol–water partition coefficient (Wildman–Crippen LogP) is 6.51. The van der Waals surface area contributed by atoms with Crippen LogP contribution in [0.1, 0.15) is 69.5 Å². The number of aromatic nitrogens is 1. The van der Waals surface area contributed by atoms with Gasteiger partial charge in [-0.1, -0.05) is 6.42 Å². The van der Waals surface area contributed by atoms with E-state index in [1.807, 2.05) is 18.2 Å². The van der Waals surface area contributed by atoms with Gasteiger partial charge in [0.2, 0.25) is 0 Å². The summed E-state index contributed by atoms with van der Waals surface area (Å²) in [6.45, 7) is 3.07. The Morgan fingerprint density at radius 2 is 2.11 bits per heavy atom. The van der Waals surface area contributed by atoms with Gasteiger partial charge in [0.1, 0.15) is 11.9 Å². The Bertz CT molecular complexity index is 970. The monoisotopic (exact) mass is 502 g/mol. The number of hydrogen-bond acceptors (Lipinski definition) is 5. The van der Waals surface area contributed by atoms with E-state index in [1.54, 1.807) is 19.4 Å². The van der Waals surface area contributed by atoms with E-state index in [9.17, 15) is 9.90 Å². The Balaban J connectivity index is 1.32. The van der Waals surface area contributed by atoms with Crippen molar-refractivity contribution >= 4 is 28.6 Å². The number of benzene rings is 1. The summed E-state index contributed by atoms with van der Waals surface area (Å²) >= 11 is 2.12. The van der Waals surface area contributed by atoms with Crippen LogP contribution in [0.3, 0.4) is 0 Å². The van der Waals surface area contributed by atoms with Crippen LogP contribution in [0.4, 0.5) is 4.39 Å². The van der Waals surface area contributed by atoms with Crippen LogP contribution in [0.2, 0.25) is 0 Å². The van der Waals surface area contributed by atoms with Gasteiger partial charge >= 0.3 is 5.97 Å². The highest BCUT2D eigenvalue weighted by Crippen LogP contribution is 2.37. The first-order chi connectivity index (χ1) is 17.0. The van der Waals surface area contributed by atoms with Crippen LogP contribution in [0.25, 0.3) is 10.9 Å². The summed E-state index contributed by atoms with van der Waals surface area (Å²) in [5, 5.41) is 11.0. The first kappa shape index (κ1) is 26.2. The molecule has 1 saturated heterocycles. The molecule has 35 heavy (non-hydrogen) atoms. The van der Waals surface area contributed by atoms with Crippen molar-refractivity contribution in [3.05, 3.63) is 36.0 Å². The standard InChI is InChI=1S/C28H39FN2O3S/c1-34-22-8-10-27-25(18-22)24(12-14-30-27)26(29)9-6-20-13-16-31(19-21(20)7-11-28(32)33)15-3-17-35-23-4-2-5-23/h8,10,12,14,18,20-21,23,26H,2-7,9,11,13,15-17,19H2,1H3,(H,32,33)/t20-,21-,26-/m1/s1. The fraction of sp³-hybridized carbons (Fsp3) is 0.643.